The SMILES string of the molecule is CCN1CC[C@@H](F)[C@H](N)C1.Cl. The highest BCUT2D eigenvalue weighted by atomic mass is 35.5. The third-order valence-corrected chi connectivity index (χ3v) is 2.10. The molecule has 0 radical (unpaired) electrons. The molecule has 4 heteroatoms. The van der Waals surface area contributed by atoms with E-state index in [4.69, 9.17) is 5.73 Å². The molecule has 0 aromatic carbocycles. The summed E-state index contributed by atoms with van der Waals surface area (Å²) in [6.45, 7) is 4.65. The second kappa shape index (κ2) is 4.91. The third kappa shape index (κ3) is 2.93. The van der Waals surface area contributed by atoms with Gasteiger partial charge in [-0.05, 0) is 13.0 Å². The molecule has 0 bridgehead atoms. The van der Waals surface area contributed by atoms with E-state index in [0.29, 0.717) is 6.42 Å². The van der Waals surface area contributed by atoms with Gasteiger partial charge in [-0.25, -0.2) is 4.39 Å². The number of alkyl halides is 1. The Morgan fingerprint density at radius 3 is 2.73 bits per heavy atom. The number of likely N-dealkylation sites (N-methyl/N-ethyl adjacent to an activating group) is 1. The number of likely N-dealkylation sites (tertiary alicyclic amines) is 1. The normalized spacial score (nSPS) is 33.0. The van der Waals surface area contributed by atoms with Gasteiger partial charge in [-0.3, -0.25) is 0 Å². The molecule has 0 spiro atoms. The standard InChI is InChI=1S/C7H15FN2.ClH/c1-2-10-4-3-6(8)7(9)5-10;/h6-7H,2-5,9H2,1H3;1H/t6-,7-;/m1./s1. The number of nitrogens with two attached hydrogens (primary N) is 1. The Labute approximate surface area is 73.3 Å². The fourth-order valence-corrected chi connectivity index (χ4v) is 1.31. The van der Waals surface area contributed by atoms with Crippen LogP contribution >= 0.6 is 12.4 Å². The van der Waals surface area contributed by atoms with Gasteiger partial charge in [0, 0.05) is 19.1 Å². The maximum absolute atomic E-state index is 12.7. The Morgan fingerprint density at radius 1 is 1.64 bits per heavy atom. The molecule has 1 heterocycles. The van der Waals surface area contributed by atoms with Gasteiger partial charge in [-0.2, -0.15) is 0 Å². The van der Waals surface area contributed by atoms with Crippen molar-refractivity contribution in [1.82, 2.24) is 4.90 Å². The maximum Gasteiger partial charge on any atom is 0.118 e. The molecule has 0 aromatic heterocycles. The maximum atomic E-state index is 12.7. The van der Waals surface area contributed by atoms with Crippen molar-refractivity contribution >= 4 is 12.4 Å². The second-order valence-corrected chi connectivity index (χ2v) is 2.86. The molecular weight excluding hydrogens is 167 g/mol. The number of halogens is 2. The van der Waals surface area contributed by atoms with Crippen molar-refractivity contribution < 1.29 is 4.39 Å². The van der Waals surface area contributed by atoms with Crippen LogP contribution < -0.4 is 5.73 Å². The van der Waals surface area contributed by atoms with Crippen LogP contribution in [0, 0.1) is 0 Å². The highest BCUT2D eigenvalue weighted by Gasteiger charge is 2.24. The first-order valence-electron chi connectivity index (χ1n) is 3.86. The van der Waals surface area contributed by atoms with Gasteiger partial charge in [-0.1, -0.05) is 6.92 Å². The number of rotatable bonds is 1. The van der Waals surface area contributed by atoms with Crippen LogP contribution in [0.1, 0.15) is 13.3 Å². The Balaban J connectivity index is 0.000001000. The zero-order valence-electron chi connectivity index (χ0n) is 6.79. The predicted octanol–water partition coefficient (Wildman–Crippen LogP) is 0.799. The summed E-state index contributed by atoms with van der Waals surface area (Å²) >= 11 is 0. The molecule has 0 amide bonds. The lowest BCUT2D eigenvalue weighted by Gasteiger charge is -2.31. The molecule has 2 atom stereocenters. The lowest BCUT2D eigenvalue weighted by molar-refractivity contribution is 0.132. The highest BCUT2D eigenvalue weighted by molar-refractivity contribution is 5.85. The molecule has 2 nitrogen and oxygen atoms in total. The van der Waals surface area contributed by atoms with Gasteiger partial charge in [0.1, 0.15) is 6.17 Å². The van der Waals surface area contributed by atoms with Gasteiger partial charge in [0.2, 0.25) is 0 Å². The van der Waals surface area contributed by atoms with E-state index in [1.807, 2.05) is 0 Å². The van der Waals surface area contributed by atoms with Crippen molar-refractivity contribution in [2.24, 2.45) is 5.73 Å². The quantitative estimate of drug-likeness (QED) is 0.650. The molecule has 68 valence electrons. The summed E-state index contributed by atoms with van der Waals surface area (Å²) in [6.07, 6.45) is -0.169. The summed E-state index contributed by atoms with van der Waals surface area (Å²) in [4.78, 5) is 2.18. The van der Waals surface area contributed by atoms with Gasteiger partial charge in [0.25, 0.3) is 0 Å². The van der Waals surface area contributed by atoms with Crippen LogP contribution in [0.4, 0.5) is 4.39 Å². The zero-order valence-corrected chi connectivity index (χ0v) is 7.61. The number of piperidine rings is 1. The molecule has 0 aromatic rings. The summed E-state index contributed by atoms with van der Waals surface area (Å²) in [5.74, 6) is 0. The minimum atomic E-state index is -0.775. The average Bonchev–Trinajstić information content (AvgIpc) is 1.95. The van der Waals surface area contributed by atoms with Crippen molar-refractivity contribution in [3.05, 3.63) is 0 Å². The van der Waals surface area contributed by atoms with Crippen molar-refractivity contribution in [2.75, 3.05) is 19.6 Å². The van der Waals surface area contributed by atoms with E-state index in [-0.39, 0.29) is 18.4 Å². The Bertz CT molecular complexity index is 113. The molecule has 1 rings (SSSR count). The molecule has 1 fully saturated rings. The van der Waals surface area contributed by atoms with E-state index in [2.05, 4.69) is 11.8 Å². The van der Waals surface area contributed by atoms with Crippen molar-refractivity contribution in [1.29, 1.82) is 0 Å². The summed E-state index contributed by atoms with van der Waals surface area (Å²) < 4.78 is 12.7. The van der Waals surface area contributed by atoms with E-state index < -0.39 is 6.17 Å². The number of hydrogen-bond acceptors (Lipinski definition) is 2. The third-order valence-electron chi connectivity index (χ3n) is 2.10. The van der Waals surface area contributed by atoms with Crippen LogP contribution in [-0.2, 0) is 0 Å². The monoisotopic (exact) mass is 182 g/mol. The topological polar surface area (TPSA) is 29.3 Å². The van der Waals surface area contributed by atoms with Crippen molar-refractivity contribution in [3.8, 4) is 0 Å². The minimum Gasteiger partial charge on any atom is -0.324 e. The molecule has 11 heavy (non-hydrogen) atoms. The molecule has 1 saturated heterocycles. The first kappa shape index (κ1) is 11.1. The van der Waals surface area contributed by atoms with Gasteiger partial charge in [-0.15, -0.1) is 12.4 Å². The van der Waals surface area contributed by atoms with E-state index in [0.717, 1.165) is 19.6 Å². The highest BCUT2D eigenvalue weighted by Crippen LogP contribution is 2.11. The van der Waals surface area contributed by atoms with Gasteiger partial charge in [0.05, 0.1) is 0 Å². The van der Waals surface area contributed by atoms with Crippen LogP contribution in [0.5, 0.6) is 0 Å². The Kier molecular flexibility index (Phi) is 4.97. The number of nitrogens with zero attached hydrogens (tertiary/aromatic N) is 1. The van der Waals surface area contributed by atoms with E-state index in [1.165, 1.54) is 0 Å². The van der Waals surface area contributed by atoms with Crippen LogP contribution in [0.15, 0.2) is 0 Å². The second-order valence-electron chi connectivity index (χ2n) is 2.86. The fraction of sp³-hybridized carbons (Fsp3) is 1.00. The number of hydrogen-bond donors (Lipinski definition) is 1. The summed E-state index contributed by atoms with van der Waals surface area (Å²) in [6, 6.07) is -0.256. The Hall–Kier alpha value is 0.140. The van der Waals surface area contributed by atoms with Crippen molar-refractivity contribution in [3.63, 3.8) is 0 Å². The van der Waals surface area contributed by atoms with Crippen LogP contribution in [0.25, 0.3) is 0 Å². The Morgan fingerprint density at radius 2 is 2.27 bits per heavy atom. The van der Waals surface area contributed by atoms with Crippen molar-refractivity contribution in [2.45, 2.75) is 25.6 Å². The lowest BCUT2D eigenvalue weighted by Crippen LogP contribution is -2.49. The van der Waals surface area contributed by atoms with Gasteiger partial charge in [0.15, 0.2) is 0 Å². The van der Waals surface area contributed by atoms with E-state index in [9.17, 15) is 4.39 Å². The molecule has 1 aliphatic heterocycles. The van der Waals surface area contributed by atoms with E-state index >= 15 is 0 Å². The molecular formula is C7H16ClFN2. The molecule has 0 aliphatic carbocycles. The predicted molar refractivity (Wildman–Crippen MR) is 46.9 cm³/mol. The van der Waals surface area contributed by atoms with E-state index in [1.54, 1.807) is 0 Å². The van der Waals surface area contributed by atoms with Gasteiger partial charge >= 0.3 is 0 Å². The largest absolute Gasteiger partial charge is 0.324 e. The minimum absolute atomic E-state index is 0. The smallest absolute Gasteiger partial charge is 0.118 e. The zero-order chi connectivity index (χ0) is 7.56. The molecule has 0 unspecified atom stereocenters. The summed E-state index contributed by atoms with van der Waals surface area (Å²) in [5.41, 5.74) is 5.53. The summed E-state index contributed by atoms with van der Waals surface area (Å²) in [7, 11) is 0. The molecule has 2 N–H and O–H groups in total. The van der Waals surface area contributed by atoms with Gasteiger partial charge < -0.3 is 10.6 Å². The average molecular weight is 183 g/mol. The summed E-state index contributed by atoms with van der Waals surface area (Å²) in [5, 5.41) is 0. The molecule has 0 saturated carbocycles. The first-order chi connectivity index (χ1) is 4.74. The fourth-order valence-electron chi connectivity index (χ4n) is 1.31. The van der Waals surface area contributed by atoms with Crippen LogP contribution in [0.2, 0.25) is 0 Å². The molecule has 1 aliphatic rings. The van der Waals surface area contributed by atoms with Crippen LogP contribution in [0.3, 0.4) is 0 Å². The van der Waals surface area contributed by atoms with Crippen LogP contribution in [-0.4, -0.2) is 36.7 Å². The lowest BCUT2D eigenvalue weighted by atomic mass is 10.1. The first-order valence-corrected chi connectivity index (χ1v) is 3.86.